The van der Waals surface area contributed by atoms with Gasteiger partial charge in [-0.3, -0.25) is 0 Å². The Bertz CT molecular complexity index is 2190. The van der Waals surface area contributed by atoms with Crippen LogP contribution in [0.4, 0.5) is 0 Å². The third-order valence-electron chi connectivity index (χ3n) is 10.3. The van der Waals surface area contributed by atoms with Crippen molar-refractivity contribution < 1.29 is 4.74 Å². The lowest BCUT2D eigenvalue weighted by Crippen LogP contribution is -2.34. The van der Waals surface area contributed by atoms with E-state index in [2.05, 4.69) is 183 Å². The van der Waals surface area contributed by atoms with Gasteiger partial charge in [0.2, 0.25) is 0 Å². The van der Waals surface area contributed by atoms with Crippen molar-refractivity contribution in [2.24, 2.45) is 0 Å². The van der Waals surface area contributed by atoms with Crippen LogP contribution >= 0.6 is 0 Å². The summed E-state index contributed by atoms with van der Waals surface area (Å²) >= 11 is 0. The van der Waals surface area contributed by atoms with E-state index in [-0.39, 0.29) is 5.41 Å². The summed E-state index contributed by atoms with van der Waals surface area (Å²) in [6.07, 6.45) is 0. The predicted octanol–water partition coefficient (Wildman–Crippen LogP) is 11.2. The van der Waals surface area contributed by atoms with E-state index in [1.165, 1.54) is 44.5 Å². The predicted molar refractivity (Wildman–Crippen MR) is 188 cm³/mol. The average molecular weight is 589 g/mol. The van der Waals surface area contributed by atoms with Gasteiger partial charge in [-0.15, -0.1) is 0 Å². The van der Waals surface area contributed by atoms with Crippen molar-refractivity contribution in [1.82, 2.24) is 0 Å². The molecule has 0 fully saturated rings. The highest BCUT2D eigenvalue weighted by Gasteiger charge is 2.47. The minimum atomic E-state index is -0.563. The number of benzene rings is 7. The van der Waals surface area contributed by atoms with Gasteiger partial charge in [0.25, 0.3) is 0 Å². The lowest BCUT2D eigenvalue weighted by molar-refractivity contribution is 0.436. The Kier molecular flexibility index (Phi) is 5.92. The Morgan fingerprint density at radius 3 is 1.50 bits per heavy atom. The van der Waals surface area contributed by atoms with Crippen LogP contribution in [-0.2, 0) is 10.8 Å². The number of rotatable bonds is 4. The summed E-state index contributed by atoms with van der Waals surface area (Å²) in [5, 5.41) is 0. The normalized spacial score (nSPS) is 16.8. The van der Waals surface area contributed by atoms with E-state index >= 15 is 0 Å². The van der Waals surface area contributed by atoms with E-state index in [9.17, 15) is 0 Å². The summed E-state index contributed by atoms with van der Waals surface area (Å²) < 4.78 is 7.07. The SMILES string of the molecule is CC1(c2ccccc2)c2ccccc2-c2cccc(-c3cccc4c3Oc3ccccc3C4(c3ccccc3)c3ccccc3)c21. The van der Waals surface area contributed by atoms with Crippen LogP contribution in [0.5, 0.6) is 11.5 Å². The highest BCUT2D eigenvalue weighted by molar-refractivity contribution is 5.92. The molecule has 0 spiro atoms. The van der Waals surface area contributed by atoms with Crippen LogP contribution in [-0.4, -0.2) is 0 Å². The largest absolute Gasteiger partial charge is 0.456 e. The molecule has 0 aromatic heterocycles. The van der Waals surface area contributed by atoms with Crippen LogP contribution in [0.2, 0.25) is 0 Å². The summed E-state index contributed by atoms with van der Waals surface area (Å²) in [4.78, 5) is 0. The maximum absolute atomic E-state index is 7.07. The van der Waals surface area contributed by atoms with E-state index in [0.717, 1.165) is 28.2 Å². The van der Waals surface area contributed by atoms with Gasteiger partial charge in [-0.1, -0.05) is 170 Å². The Hall–Kier alpha value is -5.66. The van der Waals surface area contributed by atoms with Crippen LogP contribution in [0, 0.1) is 0 Å². The summed E-state index contributed by atoms with van der Waals surface area (Å²) in [5.74, 6) is 1.80. The molecular weight excluding hydrogens is 556 g/mol. The molecule has 7 aromatic carbocycles. The van der Waals surface area contributed by atoms with Gasteiger partial charge in [-0.05, 0) is 57.5 Å². The van der Waals surface area contributed by atoms with Crippen LogP contribution in [0.15, 0.2) is 176 Å². The molecule has 0 bridgehead atoms. The second kappa shape index (κ2) is 10.2. The first kappa shape index (κ1) is 26.7. The highest BCUT2D eigenvalue weighted by Crippen LogP contribution is 2.60. The van der Waals surface area contributed by atoms with Crippen molar-refractivity contribution in [3.63, 3.8) is 0 Å². The number of ether oxygens (including phenoxy) is 1. The fraction of sp³-hybridized carbons (Fsp3) is 0.0667. The molecule has 9 rings (SSSR count). The van der Waals surface area contributed by atoms with Gasteiger partial charge in [0.05, 0.1) is 5.41 Å². The second-order valence-electron chi connectivity index (χ2n) is 12.5. The molecule has 2 aliphatic rings. The molecule has 1 nitrogen and oxygen atoms in total. The molecule has 7 aromatic rings. The van der Waals surface area contributed by atoms with Gasteiger partial charge in [0.1, 0.15) is 11.5 Å². The molecular formula is C45H32O. The molecule has 218 valence electrons. The lowest BCUT2D eigenvalue weighted by atomic mass is 9.63. The maximum Gasteiger partial charge on any atom is 0.140 e. The Morgan fingerprint density at radius 1 is 0.370 bits per heavy atom. The van der Waals surface area contributed by atoms with Crippen LogP contribution in [0.1, 0.15) is 45.9 Å². The topological polar surface area (TPSA) is 9.23 Å². The van der Waals surface area contributed by atoms with E-state index in [1.807, 2.05) is 0 Å². The fourth-order valence-electron chi connectivity index (χ4n) is 8.34. The highest BCUT2D eigenvalue weighted by atomic mass is 16.5. The molecule has 0 amide bonds. The third kappa shape index (κ3) is 3.57. The maximum atomic E-state index is 7.07. The summed E-state index contributed by atoms with van der Waals surface area (Å²) in [5.41, 5.74) is 12.7. The van der Waals surface area contributed by atoms with Crippen molar-refractivity contribution in [3.05, 3.63) is 215 Å². The Labute approximate surface area is 270 Å². The summed E-state index contributed by atoms with van der Waals surface area (Å²) in [7, 11) is 0. The average Bonchev–Trinajstić information content (AvgIpc) is 3.40. The van der Waals surface area contributed by atoms with Gasteiger partial charge in [-0.2, -0.15) is 0 Å². The molecule has 1 unspecified atom stereocenters. The van der Waals surface area contributed by atoms with Crippen molar-refractivity contribution in [1.29, 1.82) is 0 Å². The third-order valence-corrected chi connectivity index (χ3v) is 10.3. The van der Waals surface area contributed by atoms with Crippen molar-refractivity contribution >= 4 is 0 Å². The molecule has 0 N–H and O–H groups in total. The van der Waals surface area contributed by atoms with E-state index < -0.39 is 5.41 Å². The molecule has 1 heteroatoms. The zero-order valence-corrected chi connectivity index (χ0v) is 25.7. The number of fused-ring (bicyclic) bond motifs is 5. The summed E-state index contributed by atoms with van der Waals surface area (Å²) in [6, 6.07) is 63.7. The van der Waals surface area contributed by atoms with E-state index in [4.69, 9.17) is 4.74 Å². The molecule has 0 saturated carbocycles. The summed E-state index contributed by atoms with van der Waals surface area (Å²) in [6.45, 7) is 2.39. The quantitative estimate of drug-likeness (QED) is 0.199. The van der Waals surface area contributed by atoms with Gasteiger partial charge in [0, 0.05) is 22.1 Å². The monoisotopic (exact) mass is 588 g/mol. The first-order valence-electron chi connectivity index (χ1n) is 16.0. The molecule has 0 saturated heterocycles. The molecule has 1 atom stereocenters. The molecule has 1 aliphatic heterocycles. The van der Waals surface area contributed by atoms with Crippen molar-refractivity contribution in [2.75, 3.05) is 0 Å². The fourth-order valence-corrected chi connectivity index (χ4v) is 8.34. The van der Waals surface area contributed by atoms with Gasteiger partial charge in [-0.25, -0.2) is 0 Å². The minimum absolute atomic E-state index is 0.338. The van der Waals surface area contributed by atoms with Crippen LogP contribution < -0.4 is 4.74 Å². The van der Waals surface area contributed by atoms with E-state index in [0.29, 0.717) is 0 Å². The smallest absolute Gasteiger partial charge is 0.140 e. The Morgan fingerprint density at radius 2 is 0.826 bits per heavy atom. The van der Waals surface area contributed by atoms with E-state index in [1.54, 1.807) is 0 Å². The van der Waals surface area contributed by atoms with Crippen molar-refractivity contribution in [3.8, 4) is 33.8 Å². The van der Waals surface area contributed by atoms with Gasteiger partial charge >= 0.3 is 0 Å². The standard InChI is InChI=1S/C45H32O/c1-44(31-17-5-2-6-18-31)38-27-12-11-23-34(38)35-24-15-25-36(42(35)44)37-26-16-29-40-43(37)46-41-30-14-13-28-39(41)45(40,32-19-7-3-8-20-32)33-21-9-4-10-22-33/h2-30H,1H3. The Balaban J connectivity index is 1.39. The zero-order valence-electron chi connectivity index (χ0n) is 25.7. The molecule has 0 radical (unpaired) electrons. The molecule has 46 heavy (non-hydrogen) atoms. The first-order chi connectivity index (χ1) is 22.7. The van der Waals surface area contributed by atoms with Gasteiger partial charge < -0.3 is 4.74 Å². The first-order valence-corrected chi connectivity index (χ1v) is 16.0. The zero-order chi connectivity index (χ0) is 30.7. The number of hydrogen-bond donors (Lipinski definition) is 0. The van der Waals surface area contributed by atoms with Crippen LogP contribution in [0.25, 0.3) is 22.3 Å². The minimum Gasteiger partial charge on any atom is -0.456 e. The van der Waals surface area contributed by atoms with Crippen molar-refractivity contribution in [2.45, 2.75) is 17.8 Å². The number of para-hydroxylation sites is 2. The van der Waals surface area contributed by atoms with Crippen LogP contribution in [0.3, 0.4) is 0 Å². The number of hydrogen-bond acceptors (Lipinski definition) is 1. The lowest BCUT2D eigenvalue weighted by Gasteiger charge is -2.42. The second-order valence-corrected chi connectivity index (χ2v) is 12.5. The molecule has 1 aliphatic carbocycles. The molecule has 1 heterocycles. The van der Waals surface area contributed by atoms with Gasteiger partial charge in [0.15, 0.2) is 0 Å².